The Morgan fingerprint density at radius 1 is 1.47 bits per heavy atom. The second-order valence-electron chi connectivity index (χ2n) is 4.69. The van der Waals surface area contributed by atoms with E-state index in [1.165, 1.54) is 12.1 Å². The summed E-state index contributed by atoms with van der Waals surface area (Å²) < 4.78 is 13.0. The van der Waals surface area contributed by atoms with Crippen LogP contribution in [0.3, 0.4) is 0 Å². The molecule has 0 heterocycles. The van der Waals surface area contributed by atoms with E-state index in [2.05, 4.69) is 6.92 Å². The molecule has 0 unspecified atom stereocenters. The smallest absolute Gasteiger partial charge is 0.254 e. The highest BCUT2D eigenvalue weighted by atomic mass is 19.1. The average Bonchev–Trinajstić information content (AvgIpc) is 3.09. The van der Waals surface area contributed by atoms with E-state index in [4.69, 9.17) is 0 Å². The molecule has 0 N–H and O–H groups in total. The zero-order valence-corrected chi connectivity index (χ0v) is 10.4. The van der Waals surface area contributed by atoms with Crippen LogP contribution < -0.4 is 0 Å². The Bertz CT molecular complexity index is 426. The number of nitrogens with zero attached hydrogens (tertiary/aromatic N) is 1. The van der Waals surface area contributed by atoms with Crippen molar-refractivity contribution in [2.45, 2.75) is 39.2 Å². The Labute approximate surface area is 101 Å². The average molecular weight is 235 g/mol. The number of carbonyl (C=O) groups is 1. The summed E-state index contributed by atoms with van der Waals surface area (Å²) in [5.74, 6) is -0.237. The van der Waals surface area contributed by atoms with E-state index in [-0.39, 0.29) is 11.7 Å². The molecular formula is C14H18FNO. The van der Waals surface area contributed by atoms with Gasteiger partial charge in [0.2, 0.25) is 0 Å². The third kappa shape index (κ3) is 2.65. The highest BCUT2D eigenvalue weighted by molar-refractivity contribution is 5.96. The maximum absolute atomic E-state index is 13.0. The Morgan fingerprint density at radius 3 is 2.71 bits per heavy atom. The minimum atomic E-state index is -0.285. The standard InChI is InChI=1S/C14H18FNO/c1-3-8-16(12-5-6-12)14(17)13-7-4-11(15)9-10(13)2/h4,7,9,12H,3,5-6,8H2,1-2H3. The quantitative estimate of drug-likeness (QED) is 0.785. The van der Waals surface area contributed by atoms with Crippen molar-refractivity contribution < 1.29 is 9.18 Å². The fraction of sp³-hybridized carbons (Fsp3) is 0.500. The lowest BCUT2D eigenvalue weighted by atomic mass is 10.1. The highest BCUT2D eigenvalue weighted by Gasteiger charge is 2.32. The monoisotopic (exact) mass is 235 g/mol. The molecule has 1 amide bonds. The molecule has 1 saturated carbocycles. The molecular weight excluding hydrogens is 217 g/mol. The van der Waals surface area contributed by atoms with Crippen LogP contribution in [-0.2, 0) is 0 Å². The summed E-state index contributed by atoms with van der Waals surface area (Å²) in [5, 5.41) is 0. The van der Waals surface area contributed by atoms with Crippen LogP contribution in [0.15, 0.2) is 18.2 Å². The Morgan fingerprint density at radius 2 is 2.18 bits per heavy atom. The number of hydrogen-bond donors (Lipinski definition) is 0. The zero-order valence-electron chi connectivity index (χ0n) is 10.4. The molecule has 2 nitrogen and oxygen atoms in total. The van der Waals surface area contributed by atoms with Gasteiger partial charge in [0.1, 0.15) is 5.82 Å². The van der Waals surface area contributed by atoms with Gasteiger partial charge in [0, 0.05) is 18.2 Å². The molecule has 2 rings (SSSR count). The second-order valence-corrected chi connectivity index (χ2v) is 4.69. The number of rotatable bonds is 4. The van der Waals surface area contributed by atoms with Crippen molar-refractivity contribution in [2.75, 3.05) is 6.54 Å². The summed E-state index contributed by atoms with van der Waals surface area (Å²) in [6.07, 6.45) is 3.17. The van der Waals surface area contributed by atoms with Gasteiger partial charge in [-0.15, -0.1) is 0 Å². The van der Waals surface area contributed by atoms with Gasteiger partial charge in [0.05, 0.1) is 0 Å². The number of amides is 1. The van der Waals surface area contributed by atoms with Gasteiger partial charge in [0.25, 0.3) is 5.91 Å². The molecule has 1 aliphatic carbocycles. The fourth-order valence-corrected chi connectivity index (χ4v) is 2.10. The Balaban J connectivity index is 2.22. The van der Waals surface area contributed by atoms with Crippen LogP contribution in [0.5, 0.6) is 0 Å². The normalized spacial score (nSPS) is 14.8. The summed E-state index contributed by atoms with van der Waals surface area (Å²) >= 11 is 0. The fourth-order valence-electron chi connectivity index (χ4n) is 2.10. The molecule has 1 aromatic rings. The lowest BCUT2D eigenvalue weighted by Crippen LogP contribution is -2.34. The lowest BCUT2D eigenvalue weighted by molar-refractivity contribution is 0.0742. The number of halogens is 1. The van der Waals surface area contributed by atoms with Crippen molar-refractivity contribution in [1.82, 2.24) is 4.90 Å². The molecule has 92 valence electrons. The SMILES string of the molecule is CCCN(C(=O)c1ccc(F)cc1C)C1CC1. The highest BCUT2D eigenvalue weighted by Crippen LogP contribution is 2.29. The zero-order chi connectivity index (χ0) is 12.4. The molecule has 0 aliphatic heterocycles. The van der Waals surface area contributed by atoms with Crippen molar-refractivity contribution in [1.29, 1.82) is 0 Å². The number of carbonyl (C=O) groups excluding carboxylic acids is 1. The number of benzene rings is 1. The minimum Gasteiger partial charge on any atom is -0.336 e. The molecule has 0 aromatic heterocycles. The summed E-state index contributed by atoms with van der Waals surface area (Å²) in [5.41, 5.74) is 1.35. The Kier molecular flexibility index (Phi) is 3.46. The molecule has 0 atom stereocenters. The van der Waals surface area contributed by atoms with E-state index in [9.17, 15) is 9.18 Å². The van der Waals surface area contributed by atoms with Crippen LogP contribution >= 0.6 is 0 Å². The molecule has 0 saturated heterocycles. The maximum atomic E-state index is 13.0. The molecule has 0 radical (unpaired) electrons. The molecule has 17 heavy (non-hydrogen) atoms. The summed E-state index contributed by atoms with van der Waals surface area (Å²) in [6, 6.07) is 4.78. The molecule has 0 spiro atoms. The van der Waals surface area contributed by atoms with Gasteiger partial charge in [-0.05, 0) is 49.9 Å². The molecule has 1 aliphatic rings. The largest absolute Gasteiger partial charge is 0.336 e. The van der Waals surface area contributed by atoms with Gasteiger partial charge in [-0.2, -0.15) is 0 Å². The summed E-state index contributed by atoms with van der Waals surface area (Å²) in [7, 11) is 0. The first-order chi connectivity index (χ1) is 8.13. The third-order valence-electron chi connectivity index (χ3n) is 3.13. The van der Waals surface area contributed by atoms with Crippen LogP contribution in [0.2, 0.25) is 0 Å². The second kappa shape index (κ2) is 4.86. The topological polar surface area (TPSA) is 20.3 Å². The molecule has 1 aromatic carbocycles. The van der Waals surface area contributed by atoms with Crippen molar-refractivity contribution in [3.05, 3.63) is 35.1 Å². The van der Waals surface area contributed by atoms with E-state index < -0.39 is 0 Å². The molecule has 1 fully saturated rings. The van der Waals surface area contributed by atoms with Crippen molar-refractivity contribution in [2.24, 2.45) is 0 Å². The van der Waals surface area contributed by atoms with Crippen LogP contribution in [0.1, 0.15) is 42.1 Å². The van der Waals surface area contributed by atoms with Crippen molar-refractivity contribution in [3.8, 4) is 0 Å². The van der Waals surface area contributed by atoms with Crippen LogP contribution in [0, 0.1) is 12.7 Å². The van der Waals surface area contributed by atoms with E-state index in [0.717, 1.165) is 31.4 Å². The number of aryl methyl sites for hydroxylation is 1. The van der Waals surface area contributed by atoms with Crippen LogP contribution in [-0.4, -0.2) is 23.4 Å². The van der Waals surface area contributed by atoms with E-state index in [1.807, 2.05) is 4.90 Å². The third-order valence-corrected chi connectivity index (χ3v) is 3.13. The first kappa shape index (κ1) is 12.1. The van der Waals surface area contributed by atoms with Crippen LogP contribution in [0.25, 0.3) is 0 Å². The maximum Gasteiger partial charge on any atom is 0.254 e. The van der Waals surface area contributed by atoms with E-state index >= 15 is 0 Å². The van der Waals surface area contributed by atoms with Crippen molar-refractivity contribution >= 4 is 5.91 Å². The van der Waals surface area contributed by atoms with E-state index in [1.54, 1.807) is 13.0 Å². The van der Waals surface area contributed by atoms with Gasteiger partial charge in [-0.25, -0.2) is 4.39 Å². The first-order valence-corrected chi connectivity index (χ1v) is 6.20. The predicted molar refractivity (Wildman–Crippen MR) is 65.5 cm³/mol. The first-order valence-electron chi connectivity index (χ1n) is 6.20. The van der Waals surface area contributed by atoms with E-state index in [0.29, 0.717) is 11.6 Å². The van der Waals surface area contributed by atoms with Gasteiger partial charge in [0.15, 0.2) is 0 Å². The van der Waals surface area contributed by atoms with Crippen molar-refractivity contribution in [3.63, 3.8) is 0 Å². The number of hydrogen-bond acceptors (Lipinski definition) is 1. The summed E-state index contributed by atoms with van der Waals surface area (Å²) in [6.45, 7) is 4.65. The van der Waals surface area contributed by atoms with Gasteiger partial charge in [-0.3, -0.25) is 4.79 Å². The van der Waals surface area contributed by atoms with Gasteiger partial charge in [-0.1, -0.05) is 6.92 Å². The van der Waals surface area contributed by atoms with Gasteiger partial charge >= 0.3 is 0 Å². The lowest BCUT2D eigenvalue weighted by Gasteiger charge is -2.22. The predicted octanol–water partition coefficient (Wildman–Crippen LogP) is 3.15. The molecule has 0 bridgehead atoms. The van der Waals surface area contributed by atoms with Gasteiger partial charge < -0.3 is 4.90 Å². The molecule has 3 heteroatoms. The Hall–Kier alpha value is -1.38. The van der Waals surface area contributed by atoms with Crippen LogP contribution in [0.4, 0.5) is 4.39 Å². The summed E-state index contributed by atoms with van der Waals surface area (Å²) in [4.78, 5) is 14.3. The minimum absolute atomic E-state index is 0.0480.